The molecule has 0 aliphatic carbocycles. The minimum atomic E-state index is -0.0701. The zero-order chi connectivity index (χ0) is 17.9. The lowest BCUT2D eigenvalue weighted by molar-refractivity contribution is 0.240. The van der Waals surface area contributed by atoms with E-state index in [-0.39, 0.29) is 5.56 Å². The summed E-state index contributed by atoms with van der Waals surface area (Å²) in [6.45, 7) is 2.17. The van der Waals surface area contributed by atoms with E-state index in [1.165, 1.54) is 0 Å². The lowest BCUT2D eigenvalue weighted by Crippen LogP contribution is -2.35. The Kier molecular flexibility index (Phi) is 4.34. The Labute approximate surface area is 151 Å². The van der Waals surface area contributed by atoms with Gasteiger partial charge in [0.1, 0.15) is 5.69 Å². The summed E-state index contributed by atoms with van der Waals surface area (Å²) in [6, 6.07) is 13.5. The van der Waals surface area contributed by atoms with E-state index in [2.05, 4.69) is 31.8 Å². The van der Waals surface area contributed by atoms with Gasteiger partial charge in [-0.2, -0.15) is 0 Å². The molecule has 0 fully saturated rings. The highest BCUT2D eigenvalue weighted by Gasteiger charge is 2.22. The molecule has 1 N–H and O–H groups in total. The molecule has 1 aromatic carbocycles. The van der Waals surface area contributed by atoms with Gasteiger partial charge in [-0.15, -0.1) is 6.42 Å². The summed E-state index contributed by atoms with van der Waals surface area (Å²) in [5.41, 5.74) is 4.21. The second kappa shape index (κ2) is 6.95. The summed E-state index contributed by atoms with van der Waals surface area (Å²) in [6.07, 6.45) is 7.97. The number of nitrogens with zero attached hydrogens (tertiary/aromatic N) is 3. The van der Waals surface area contributed by atoms with Gasteiger partial charge in [0.15, 0.2) is 5.82 Å². The van der Waals surface area contributed by atoms with Gasteiger partial charge in [-0.3, -0.25) is 14.7 Å². The first-order valence-electron chi connectivity index (χ1n) is 8.55. The van der Waals surface area contributed by atoms with Crippen molar-refractivity contribution in [1.29, 1.82) is 0 Å². The van der Waals surface area contributed by atoms with E-state index in [1.807, 2.05) is 36.4 Å². The van der Waals surface area contributed by atoms with Crippen LogP contribution in [0.25, 0.3) is 11.5 Å². The fraction of sp³-hybridized carbons (Fsp3) is 0.190. The second-order valence-corrected chi connectivity index (χ2v) is 6.32. The Bertz CT molecular complexity index is 1030. The van der Waals surface area contributed by atoms with Crippen molar-refractivity contribution in [3.63, 3.8) is 0 Å². The van der Waals surface area contributed by atoms with Gasteiger partial charge < -0.3 is 4.98 Å². The molecular formula is C21H18N4O. The number of hydrogen-bond acceptors (Lipinski definition) is 4. The highest BCUT2D eigenvalue weighted by Crippen LogP contribution is 2.20. The predicted octanol–water partition coefficient (Wildman–Crippen LogP) is 2.37. The highest BCUT2D eigenvalue weighted by atomic mass is 16.1. The molecule has 0 saturated carbocycles. The third-order valence-corrected chi connectivity index (χ3v) is 4.63. The number of H-pyrrole nitrogens is 1. The summed E-state index contributed by atoms with van der Waals surface area (Å²) < 4.78 is 0. The predicted molar refractivity (Wildman–Crippen MR) is 100 cm³/mol. The minimum Gasteiger partial charge on any atom is -0.305 e. The Morgan fingerprint density at radius 1 is 1.19 bits per heavy atom. The largest absolute Gasteiger partial charge is 0.305 e. The standard InChI is InChI=1S/C21H18N4O/c1-2-15-7-3-4-8-16(15)13-25-12-10-17-19(14-25)23-20(24-21(17)26)18-9-5-6-11-22-18/h1,3-9,11H,10,12-14H2,(H,23,24,26). The number of nitrogens with one attached hydrogen (secondary N) is 1. The van der Waals surface area contributed by atoms with Crippen molar-refractivity contribution in [2.45, 2.75) is 19.5 Å². The van der Waals surface area contributed by atoms with E-state index in [4.69, 9.17) is 6.42 Å². The molecule has 0 atom stereocenters. The van der Waals surface area contributed by atoms with Gasteiger partial charge in [0.2, 0.25) is 0 Å². The molecule has 2 aromatic heterocycles. The maximum absolute atomic E-state index is 12.5. The maximum Gasteiger partial charge on any atom is 0.254 e. The van der Waals surface area contributed by atoms with Gasteiger partial charge in [-0.05, 0) is 30.2 Å². The number of pyridine rings is 1. The van der Waals surface area contributed by atoms with E-state index < -0.39 is 0 Å². The normalized spacial score (nSPS) is 13.8. The number of terminal acetylenes is 1. The number of rotatable bonds is 3. The molecule has 0 unspecified atom stereocenters. The van der Waals surface area contributed by atoms with Crippen LogP contribution in [0.4, 0.5) is 0 Å². The third kappa shape index (κ3) is 3.15. The SMILES string of the molecule is C#Cc1ccccc1CN1CCc2c(nc(-c3ccccn3)[nH]c2=O)C1. The van der Waals surface area contributed by atoms with Crippen LogP contribution in [0.1, 0.15) is 22.4 Å². The maximum atomic E-state index is 12.5. The molecule has 0 bridgehead atoms. The van der Waals surface area contributed by atoms with E-state index >= 15 is 0 Å². The number of benzene rings is 1. The molecule has 1 aliphatic heterocycles. The lowest BCUT2D eigenvalue weighted by Gasteiger charge is -2.28. The van der Waals surface area contributed by atoms with Crippen LogP contribution in [-0.4, -0.2) is 26.4 Å². The topological polar surface area (TPSA) is 61.9 Å². The molecule has 1 aliphatic rings. The number of aromatic amines is 1. The molecule has 0 radical (unpaired) electrons. The molecule has 128 valence electrons. The molecule has 5 nitrogen and oxygen atoms in total. The van der Waals surface area contributed by atoms with Gasteiger partial charge in [-0.1, -0.05) is 30.2 Å². The summed E-state index contributed by atoms with van der Waals surface area (Å²) in [5, 5.41) is 0. The molecular weight excluding hydrogens is 324 g/mol. The van der Waals surface area contributed by atoms with Crippen LogP contribution in [0.5, 0.6) is 0 Å². The van der Waals surface area contributed by atoms with Crippen molar-refractivity contribution in [2.75, 3.05) is 6.54 Å². The summed E-state index contributed by atoms with van der Waals surface area (Å²) in [7, 11) is 0. The first-order valence-corrected chi connectivity index (χ1v) is 8.55. The zero-order valence-electron chi connectivity index (χ0n) is 14.3. The Morgan fingerprint density at radius 3 is 2.85 bits per heavy atom. The molecule has 3 heterocycles. The van der Waals surface area contributed by atoms with Crippen molar-refractivity contribution >= 4 is 0 Å². The first-order chi connectivity index (χ1) is 12.7. The summed E-state index contributed by atoms with van der Waals surface area (Å²) in [4.78, 5) is 26.5. The summed E-state index contributed by atoms with van der Waals surface area (Å²) in [5.74, 6) is 3.25. The Hall–Kier alpha value is -3.23. The average Bonchev–Trinajstić information content (AvgIpc) is 2.69. The van der Waals surface area contributed by atoms with Crippen molar-refractivity contribution in [3.05, 3.63) is 81.4 Å². The number of aromatic nitrogens is 3. The van der Waals surface area contributed by atoms with Gasteiger partial charge in [0.25, 0.3) is 5.56 Å². The third-order valence-electron chi connectivity index (χ3n) is 4.63. The fourth-order valence-corrected chi connectivity index (χ4v) is 3.29. The molecule has 0 spiro atoms. The second-order valence-electron chi connectivity index (χ2n) is 6.32. The van der Waals surface area contributed by atoms with Crippen LogP contribution in [0.3, 0.4) is 0 Å². The van der Waals surface area contributed by atoms with Crippen LogP contribution in [0.2, 0.25) is 0 Å². The zero-order valence-corrected chi connectivity index (χ0v) is 14.3. The van der Waals surface area contributed by atoms with Gasteiger partial charge >= 0.3 is 0 Å². The smallest absolute Gasteiger partial charge is 0.254 e. The van der Waals surface area contributed by atoms with Gasteiger partial charge in [0, 0.05) is 37.0 Å². The van der Waals surface area contributed by atoms with E-state index in [9.17, 15) is 4.79 Å². The van der Waals surface area contributed by atoms with Crippen molar-refractivity contribution in [2.24, 2.45) is 0 Å². The van der Waals surface area contributed by atoms with Crippen molar-refractivity contribution in [3.8, 4) is 23.9 Å². The monoisotopic (exact) mass is 342 g/mol. The molecule has 4 rings (SSSR count). The van der Waals surface area contributed by atoms with Gasteiger partial charge in [0.05, 0.1) is 5.69 Å². The molecule has 5 heteroatoms. The van der Waals surface area contributed by atoms with E-state index in [0.29, 0.717) is 24.5 Å². The quantitative estimate of drug-likeness (QED) is 0.743. The van der Waals surface area contributed by atoms with E-state index in [1.54, 1.807) is 6.20 Å². The van der Waals surface area contributed by atoms with Crippen LogP contribution in [0.15, 0.2) is 53.5 Å². The Morgan fingerprint density at radius 2 is 2.04 bits per heavy atom. The Balaban J connectivity index is 1.63. The molecule has 3 aromatic rings. The average molecular weight is 342 g/mol. The lowest BCUT2D eigenvalue weighted by atomic mass is 10.0. The molecule has 0 saturated heterocycles. The van der Waals surface area contributed by atoms with E-state index in [0.717, 1.165) is 35.5 Å². The van der Waals surface area contributed by atoms with Crippen LogP contribution in [0, 0.1) is 12.3 Å². The van der Waals surface area contributed by atoms with Crippen LogP contribution < -0.4 is 5.56 Å². The number of hydrogen-bond donors (Lipinski definition) is 1. The van der Waals surface area contributed by atoms with Crippen LogP contribution >= 0.6 is 0 Å². The van der Waals surface area contributed by atoms with Crippen molar-refractivity contribution in [1.82, 2.24) is 19.9 Å². The fourth-order valence-electron chi connectivity index (χ4n) is 3.29. The summed E-state index contributed by atoms with van der Waals surface area (Å²) >= 11 is 0. The molecule has 26 heavy (non-hydrogen) atoms. The minimum absolute atomic E-state index is 0.0701. The number of fused-ring (bicyclic) bond motifs is 1. The van der Waals surface area contributed by atoms with Gasteiger partial charge in [-0.25, -0.2) is 4.98 Å². The highest BCUT2D eigenvalue weighted by molar-refractivity contribution is 5.49. The first kappa shape index (κ1) is 16.2. The van der Waals surface area contributed by atoms with Crippen LogP contribution in [-0.2, 0) is 19.5 Å². The van der Waals surface area contributed by atoms with Crippen molar-refractivity contribution < 1.29 is 0 Å². The molecule has 0 amide bonds.